The molecule has 4 rings (SSSR count). The number of carbonyl (C=O) groups excluding carboxylic acids is 2. The third-order valence-corrected chi connectivity index (χ3v) is 6.12. The minimum atomic E-state index is -4.77. The number of carboxylic acid groups (broad SMARTS) is 1. The van der Waals surface area contributed by atoms with Crippen LogP contribution in [-0.2, 0) is 30.6 Å². The van der Waals surface area contributed by atoms with Crippen LogP contribution < -0.4 is 0 Å². The number of ketones is 1. The molecule has 206 valence electrons. The minimum absolute atomic E-state index is 0.124. The molecule has 2 amide bonds. The second-order valence-corrected chi connectivity index (χ2v) is 8.63. The largest absolute Gasteiger partial charge is 0.465 e. The number of benzene rings is 2. The van der Waals surface area contributed by atoms with Gasteiger partial charge in [-0.1, -0.05) is 30.3 Å². The Morgan fingerprint density at radius 2 is 1.64 bits per heavy atom. The monoisotopic (exact) mass is 555 g/mol. The fourth-order valence-corrected chi connectivity index (χ4v) is 4.20. The number of aromatic nitrogens is 3. The Morgan fingerprint density at radius 1 is 0.974 bits per heavy atom. The molecule has 39 heavy (non-hydrogen) atoms. The topological polar surface area (TPSA) is 109 Å². The Hall–Kier alpha value is -4.43. The van der Waals surface area contributed by atoms with Crippen LogP contribution in [0.4, 0.5) is 31.1 Å². The van der Waals surface area contributed by atoms with E-state index in [0.717, 1.165) is 9.47 Å². The van der Waals surface area contributed by atoms with Gasteiger partial charge in [0.25, 0.3) is 0 Å². The molecule has 1 N–H and O–H groups in total. The van der Waals surface area contributed by atoms with Gasteiger partial charge in [0.2, 0.25) is 11.7 Å². The molecule has 0 radical (unpaired) electrons. The molecule has 0 aliphatic carbocycles. The van der Waals surface area contributed by atoms with Gasteiger partial charge in [0.15, 0.2) is 23.2 Å². The van der Waals surface area contributed by atoms with E-state index in [0.29, 0.717) is 10.5 Å². The van der Waals surface area contributed by atoms with Crippen molar-refractivity contribution in [2.45, 2.75) is 38.3 Å². The van der Waals surface area contributed by atoms with Gasteiger partial charge in [0.05, 0.1) is 18.5 Å². The summed E-state index contributed by atoms with van der Waals surface area (Å²) in [6.45, 7) is -1.42. The summed E-state index contributed by atoms with van der Waals surface area (Å²) >= 11 is 0. The van der Waals surface area contributed by atoms with E-state index in [-0.39, 0.29) is 31.0 Å². The van der Waals surface area contributed by atoms with Crippen LogP contribution in [0.25, 0.3) is 0 Å². The zero-order chi connectivity index (χ0) is 28.5. The highest BCUT2D eigenvalue weighted by molar-refractivity contribution is 6.03. The van der Waals surface area contributed by atoms with Gasteiger partial charge in [-0.05, 0) is 11.6 Å². The van der Waals surface area contributed by atoms with E-state index in [2.05, 4.69) is 10.2 Å². The lowest BCUT2D eigenvalue weighted by atomic mass is 9.98. The molecule has 0 saturated heterocycles. The van der Waals surface area contributed by atoms with Crippen LogP contribution in [0.15, 0.2) is 42.5 Å². The van der Waals surface area contributed by atoms with Crippen molar-refractivity contribution in [3.63, 3.8) is 0 Å². The standard InChI is InChI=1S/C24H19F6N5O4/c25-15-9-17(27)16(26)8-14(15)21(37)18(35(23(38)39)11-13-4-2-1-3-5-13)10-20(36)33-6-7-34-19(12-33)31-32-22(34)24(28,29)30/h1-5,8-9,18H,6-7,10-12H2,(H,38,39)/t18-/m0/s1. The van der Waals surface area contributed by atoms with Gasteiger partial charge >= 0.3 is 12.3 Å². The van der Waals surface area contributed by atoms with Gasteiger partial charge in [-0.15, -0.1) is 10.2 Å². The van der Waals surface area contributed by atoms with Gasteiger partial charge in [-0.25, -0.2) is 18.0 Å². The number of hydrogen-bond donors (Lipinski definition) is 1. The molecule has 1 aliphatic rings. The van der Waals surface area contributed by atoms with Gasteiger partial charge < -0.3 is 14.6 Å². The number of fused-ring (bicyclic) bond motifs is 1. The highest BCUT2D eigenvalue weighted by Crippen LogP contribution is 2.30. The molecule has 1 aliphatic heterocycles. The first kappa shape index (κ1) is 27.6. The average Bonchev–Trinajstić information content (AvgIpc) is 3.32. The van der Waals surface area contributed by atoms with Crippen LogP contribution in [0.2, 0.25) is 0 Å². The molecule has 0 unspecified atom stereocenters. The maximum Gasteiger partial charge on any atom is 0.451 e. The van der Waals surface area contributed by atoms with Crippen LogP contribution >= 0.6 is 0 Å². The van der Waals surface area contributed by atoms with Crippen molar-refractivity contribution >= 4 is 17.8 Å². The number of hydrogen-bond acceptors (Lipinski definition) is 5. The van der Waals surface area contributed by atoms with Crippen molar-refractivity contribution in [1.29, 1.82) is 0 Å². The summed E-state index contributed by atoms with van der Waals surface area (Å²) in [4.78, 5) is 40.3. The summed E-state index contributed by atoms with van der Waals surface area (Å²) in [5.41, 5.74) is -0.569. The third-order valence-electron chi connectivity index (χ3n) is 6.12. The molecule has 2 aromatic carbocycles. The molecule has 9 nitrogen and oxygen atoms in total. The Kier molecular flexibility index (Phi) is 7.60. The van der Waals surface area contributed by atoms with E-state index >= 15 is 0 Å². The van der Waals surface area contributed by atoms with Crippen LogP contribution in [-0.4, -0.2) is 60.0 Å². The Labute approximate surface area is 216 Å². The molecule has 1 atom stereocenters. The molecule has 2 heterocycles. The van der Waals surface area contributed by atoms with Crippen molar-refractivity contribution in [3.8, 4) is 0 Å². The maximum absolute atomic E-state index is 14.5. The minimum Gasteiger partial charge on any atom is -0.465 e. The third kappa shape index (κ3) is 5.86. The zero-order valence-corrected chi connectivity index (χ0v) is 19.8. The fourth-order valence-electron chi connectivity index (χ4n) is 4.20. The zero-order valence-electron chi connectivity index (χ0n) is 19.8. The number of carbonyl (C=O) groups is 3. The number of nitrogens with zero attached hydrogens (tertiary/aromatic N) is 5. The highest BCUT2D eigenvalue weighted by Gasteiger charge is 2.41. The van der Waals surface area contributed by atoms with Crippen LogP contribution in [0, 0.1) is 17.5 Å². The molecule has 0 fully saturated rings. The number of alkyl halides is 3. The molecular formula is C24H19F6N5O4. The van der Waals surface area contributed by atoms with Crippen molar-refractivity contribution in [2.75, 3.05) is 6.54 Å². The van der Waals surface area contributed by atoms with E-state index in [1.165, 1.54) is 12.1 Å². The molecule has 0 bridgehead atoms. The first-order valence-corrected chi connectivity index (χ1v) is 11.4. The summed E-state index contributed by atoms with van der Waals surface area (Å²) in [7, 11) is 0. The molecule has 15 heteroatoms. The van der Waals surface area contributed by atoms with Gasteiger partial charge in [-0.2, -0.15) is 13.2 Å². The summed E-state index contributed by atoms with van der Waals surface area (Å²) in [6, 6.07) is 6.41. The number of rotatable bonds is 7. The molecule has 0 spiro atoms. The number of amides is 2. The van der Waals surface area contributed by atoms with Gasteiger partial charge in [-0.3, -0.25) is 14.5 Å². The second kappa shape index (κ2) is 10.7. The first-order valence-electron chi connectivity index (χ1n) is 11.4. The SMILES string of the molecule is O=C(c1cc(F)c(F)cc1F)[C@H](CC(=O)N1CCn2c(nnc2C(F)(F)F)C1)N(Cc1ccccc1)C(=O)O. The summed E-state index contributed by atoms with van der Waals surface area (Å²) in [5, 5.41) is 16.5. The summed E-state index contributed by atoms with van der Waals surface area (Å²) < 4.78 is 82.0. The van der Waals surface area contributed by atoms with Gasteiger partial charge in [0.1, 0.15) is 11.9 Å². The maximum atomic E-state index is 14.5. The summed E-state index contributed by atoms with van der Waals surface area (Å²) in [6.07, 6.45) is -7.30. The lowest BCUT2D eigenvalue weighted by Crippen LogP contribution is -2.48. The van der Waals surface area contributed by atoms with Crippen molar-refractivity contribution in [3.05, 3.63) is 82.7 Å². The first-order chi connectivity index (χ1) is 18.4. The molecule has 3 aromatic rings. The second-order valence-electron chi connectivity index (χ2n) is 8.63. The predicted molar refractivity (Wildman–Crippen MR) is 120 cm³/mol. The average molecular weight is 555 g/mol. The Morgan fingerprint density at radius 3 is 2.28 bits per heavy atom. The smallest absolute Gasteiger partial charge is 0.451 e. The predicted octanol–water partition coefficient (Wildman–Crippen LogP) is 3.88. The van der Waals surface area contributed by atoms with E-state index in [4.69, 9.17) is 0 Å². The molecular weight excluding hydrogens is 536 g/mol. The van der Waals surface area contributed by atoms with E-state index in [9.17, 15) is 45.8 Å². The van der Waals surface area contributed by atoms with Crippen LogP contribution in [0.1, 0.15) is 34.0 Å². The fraction of sp³-hybridized carbons (Fsp3) is 0.292. The van der Waals surface area contributed by atoms with E-state index in [1.807, 2.05) is 0 Å². The Balaban J connectivity index is 1.65. The molecule has 0 saturated carbocycles. The quantitative estimate of drug-likeness (QED) is 0.269. The van der Waals surface area contributed by atoms with E-state index in [1.54, 1.807) is 18.2 Å². The lowest BCUT2D eigenvalue weighted by Gasteiger charge is -2.32. The van der Waals surface area contributed by atoms with Crippen molar-refractivity contribution in [2.24, 2.45) is 0 Å². The summed E-state index contributed by atoms with van der Waals surface area (Å²) in [5.74, 6) is -8.21. The van der Waals surface area contributed by atoms with Crippen LogP contribution in [0.5, 0.6) is 0 Å². The number of halogens is 6. The Bertz CT molecular complexity index is 1410. The lowest BCUT2D eigenvalue weighted by molar-refractivity contribution is -0.148. The van der Waals surface area contributed by atoms with Crippen LogP contribution in [0.3, 0.4) is 0 Å². The van der Waals surface area contributed by atoms with E-state index < -0.39 is 78.4 Å². The van der Waals surface area contributed by atoms with Gasteiger partial charge in [0, 0.05) is 25.7 Å². The normalized spacial score (nSPS) is 14.1. The van der Waals surface area contributed by atoms with Crippen molar-refractivity contribution in [1.82, 2.24) is 24.6 Å². The van der Waals surface area contributed by atoms with Crippen molar-refractivity contribution < 1.29 is 45.8 Å². The molecule has 1 aromatic heterocycles. The number of Topliss-reactive ketones (excluding diaryl/α,β-unsaturated/α-hetero) is 1. The highest BCUT2D eigenvalue weighted by atomic mass is 19.4.